The Hall–Kier alpha value is -3.20. The number of rotatable bonds is 11. The second kappa shape index (κ2) is 12.3. The van der Waals surface area contributed by atoms with Crippen molar-refractivity contribution < 1.29 is 13.2 Å². The Morgan fingerprint density at radius 2 is 1.87 bits per heavy atom. The first kappa shape index (κ1) is 27.4. The lowest BCUT2D eigenvalue weighted by Crippen LogP contribution is -2.21. The molecule has 0 radical (unpaired) electrons. The summed E-state index contributed by atoms with van der Waals surface area (Å²) in [5.41, 5.74) is 4.15. The summed E-state index contributed by atoms with van der Waals surface area (Å²) >= 11 is 3.77. The molecule has 0 bridgehead atoms. The van der Waals surface area contributed by atoms with Crippen LogP contribution in [0.4, 0.5) is 11.5 Å². The lowest BCUT2D eigenvalue weighted by Gasteiger charge is -2.12. The average molecular weight is 673 g/mol. The fraction of sp³-hybridized carbons (Fsp3) is 0.185. The Morgan fingerprint density at radius 1 is 1.03 bits per heavy atom. The highest BCUT2D eigenvalue weighted by Gasteiger charge is 2.12. The number of nitrogens with zero attached hydrogens (tertiary/aromatic N) is 4. The highest BCUT2D eigenvalue weighted by molar-refractivity contribution is 14.1. The quantitative estimate of drug-likeness (QED) is 0.144. The van der Waals surface area contributed by atoms with E-state index < -0.39 is 9.84 Å². The average Bonchev–Trinajstić information content (AvgIpc) is 3.40. The van der Waals surface area contributed by atoms with Crippen molar-refractivity contribution in [2.45, 2.75) is 13.2 Å². The van der Waals surface area contributed by atoms with Gasteiger partial charge in [0.1, 0.15) is 39.3 Å². The Balaban J connectivity index is 1.30. The van der Waals surface area contributed by atoms with E-state index in [0.717, 1.165) is 36.7 Å². The number of ether oxygens (including phenoxy) is 1. The minimum absolute atomic E-state index is 0.0930. The maximum Gasteiger partial charge on any atom is 0.148 e. The van der Waals surface area contributed by atoms with E-state index >= 15 is 0 Å². The minimum Gasteiger partial charge on any atom is -0.488 e. The minimum atomic E-state index is -3.00. The molecular formula is C27H25IN6O3S2. The second-order valence-electron chi connectivity index (χ2n) is 8.79. The Kier molecular flexibility index (Phi) is 8.65. The maximum atomic E-state index is 11.3. The second-order valence-corrected chi connectivity index (χ2v) is 13.2. The number of hydrogen-bond acceptors (Lipinski definition) is 10. The van der Waals surface area contributed by atoms with Gasteiger partial charge in [-0.1, -0.05) is 30.3 Å². The van der Waals surface area contributed by atoms with Gasteiger partial charge >= 0.3 is 0 Å². The SMILES string of the molecule is CS(=O)(=O)CCNCc1nc(-c2cc3c(Nc4ccc(OCc5ccccc5)c(I)c4)ncnc3cn2)cs1. The topological polar surface area (TPSA) is 119 Å². The molecule has 39 heavy (non-hydrogen) atoms. The fourth-order valence-electron chi connectivity index (χ4n) is 3.73. The molecule has 200 valence electrons. The van der Waals surface area contributed by atoms with Crippen LogP contribution in [0.3, 0.4) is 0 Å². The summed E-state index contributed by atoms with van der Waals surface area (Å²) in [6, 6.07) is 17.9. The van der Waals surface area contributed by atoms with Crippen LogP contribution in [0.1, 0.15) is 10.6 Å². The number of fused-ring (bicyclic) bond motifs is 1. The molecule has 0 atom stereocenters. The van der Waals surface area contributed by atoms with Gasteiger partial charge in [0.25, 0.3) is 0 Å². The Morgan fingerprint density at radius 3 is 2.67 bits per heavy atom. The summed E-state index contributed by atoms with van der Waals surface area (Å²) in [6.07, 6.45) is 4.45. The molecule has 0 unspecified atom stereocenters. The van der Waals surface area contributed by atoms with Gasteiger partial charge in [0.2, 0.25) is 0 Å². The van der Waals surface area contributed by atoms with Crippen LogP contribution >= 0.6 is 33.9 Å². The van der Waals surface area contributed by atoms with Crippen LogP contribution in [-0.4, -0.2) is 46.9 Å². The zero-order valence-corrected chi connectivity index (χ0v) is 24.8. The zero-order chi connectivity index (χ0) is 27.2. The number of sulfone groups is 1. The van der Waals surface area contributed by atoms with Crippen LogP contribution in [0.2, 0.25) is 0 Å². The summed E-state index contributed by atoms with van der Waals surface area (Å²) < 4.78 is 29.6. The predicted octanol–water partition coefficient (Wildman–Crippen LogP) is 5.21. The van der Waals surface area contributed by atoms with Gasteiger partial charge in [0.05, 0.1) is 32.4 Å². The summed E-state index contributed by atoms with van der Waals surface area (Å²) in [5, 5.41) is 10.1. The molecule has 0 spiro atoms. The summed E-state index contributed by atoms with van der Waals surface area (Å²) in [5.74, 6) is 1.57. The first-order valence-electron chi connectivity index (χ1n) is 12.0. The van der Waals surface area contributed by atoms with Crippen LogP contribution in [0.25, 0.3) is 22.3 Å². The van der Waals surface area contributed by atoms with E-state index in [1.54, 1.807) is 6.20 Å². The number of benzene rings is 2. The van der Waals surface area contributed by atoms with Crippen molar-refractivity contribution in [3.05, 3.63) is 86.6 Å². The summed E-state index contributed by atoms with van der Waals surface area (Å²) in [7, 11) is -3.00. The lowest BCUT2D eigenvalue weighted by atomic mass is 10.2. The van der Waals surface area contributed by atoms with E-state index in [9.17, 15) is 8.42 Å². The van der Waals surface area contributed by atoms with E-state index in [4.69, 9.17) is 4.74 Å². The van der Waals surface area contributed by atoms with Gasteiger partial charge in [-0.2, -0.15) is 0 Å². The summed E-state index contributed by atoms with van der Waals surface area (Å²) in [6.45, 7) is 1.38. The van der Waals surface area contributed by atoms with Crippen molar-refractivity contribution in [1.29, 1.82) is 0 Å². The third-order valence-electron chi connectivity index (χ3n) is 5.69. The molecule has 0 aliphatic heterocycles. The maximum absolute atomic E-state index is 11.3. The highest BCUT2D eigenvalue weighted by Crippen LogP contribution is 2.30. The van der Waals surface area contributed by atoms with E-state index in [2.05, 4.69) is 53.2 Å². The molecule has 0 aliphatic carbocycles. The third kappa shape index (κ3) is 7.47. The lowest BCUT2D eigenvalue weighted by molar-refractivity contribution is 0.304. The number of thiazole rings is 1. The van der Waals surface area contributed by atoms with Crippen molar-refractivity contribution in [3.8, 4) is 17.1 Å². The van der Waals surface area contributed by atoms with Crippen molar-refractivity contribution in [2.24, 2.45) is 0 Å². The predicted molar refractivity (Wildman–Crippen MR) is 163 cm³/mol. The number of pyridine rings is 1. The van der Waals surface area contributed by atoms with E-state index in [1.807, 2.05) is 60.0 Å². The molecule has 2 aromatic carbocycles. The smallest absolute Gasteiger partial charge is 0.148 e. The first-order valence-corrected chi connectivity index (χ1v) is 16.0. The number of halogens is 1. The molecule has 5 rings (SSSR count). The van der Waals surface area contributed by atoms with Crippen LogP contribution in [0, 0.1) is 3.57 Å². The number of anilines is 2. The molecule has 0 aliphatic rings. The van der Waals surface area contributed by atoms with Crippen LogP contribution in [0.15, 0.2) is 72.5 Å². The first-order chi connectivity index (χ1) is 18.8. The molecule has 0 saturated heterocycles. The van der Waals surface area contributed by atoms with Gasteiger partial charge in [-0.05, 0) is 52.4 Å². The van der Waals surface area contributed by atoms with Crippen LogP contribution < -0.4 is 15.4 Å². The van der Waals surface area contributed by atoms with Crippen molar-refractivity contribution in [3.63, 3.8) is 0 Å². The van der Waals surface area contributed by atoms with E-state index in [-0.39, 0.29) is 5.75 Å². The van der Waals surface area contributed by atoms with Gasteiger partial charge in [-0.15, -0.1) is 11.3 Å². The van der Waals surface area contributed by atoms with Crippen LogP contribution in [-0.2, 0) is 23.0 Å². The van der Waals surface area contributed by atoms with Gasteiger partial charge in [-0.3, -0.25) is 4.98 Å². The van der Waals surface area contributed by atoms with Crippen molar-refractivity contribution in [2.75, 3.05) is 23.9 Å². The zero-order valence-electron chi connectivity index (χ0n) is 21.0. The van der Waals surface area contributed by atoms with Gasteiger partial charge in [-0.25, -0.2) is 23.4 Å². The van der Waals surface area contributed by atoms with E-state index in [0.29, 0.717) is 36.7 Å². The molecule has 2 N–H and O–H groups in total. The van der Waals surface area contributed by atoms with Crippen LogP contribution in [0.5, 0.6) is 5.75 Å². The molecule has 0 amide bonds. The van der Waals surface area contributed by atoms with E-state index in [1.165, 1.54) is 23.9 Å². The molecule has 0 saturated carbocycles. The summed E-state index contributed by atoms with van der Waals surface area (Å²) in [4.78, 5) is 18.1. The third-order valence-corrected chi connectivity index (χ3v) is 8.33. The Labute approximate surface area is 244 Å². The number of aromatic nitrogens is 4. The molecule has 5 aromatic rings. The van der Waals surface area contributed by atoms with Gasteiger partial charge < -0.3 is 15.4 Å². The molecular weight excluding hydrogens is 647 g/mol. The molecule has 12 heteroatoms. The number of nitrogens with one attached hydrogen (secondary N) is 2. The normalized spacial score (nSPS) is 11.5. The van der Waals surface area contributed by atoms with Gasteiger partial charge in [0, 0.05) is 35.8 Å². The van der Waals surface area contributed by atoms with Crippen molar-refractivity contribution >= 4 is 66.2 Å². The molecule has 0 fully saturated rings. The standard InChI is InChI=1S/C27H25IN6O3S2/c1-39(35,36)10-9-29-14-26-34-24(16-38-26)22-12-20-23(13-30-22)31-17-32-27(20)33-19-7-8-25(21(28)11-19)37-15-18-5-3-2-4-6-18/h2-8,11-13,16-17,29H,9-10,14-15H2,1H3,(H,31,32,33). The van der Waals surface area contributed by atoms with Crippen molar-refractivity contribution in [1.82, 2.24) is 25.3 Å². The largest absolute Gasteiger partial charge is 0.488 e. The molecule has 3 heterocycles. The highest BCUT2D eigenvalue weighted by atomic mass is 127. The fourth-order valence-corrected chi connectivity index (χ4v) is 5.67. The molecule has 3 aromatic heterocycles. The van der Waals surface area contributed by atoms with Gasteiger partial charge in [0.15, 0.2) is 0 Å². The monoisotopic (exact) mass is 672 g/mol. The number of hydrogen-bond donors (Lipinski definition) is 2. The Bertz CT molecular complexity index is 1700. The molecule has 9 nitrogen and oxygen atoms in total.